The Hall–Kier alpha value is -0.350. The van der Waals surface area contributed by atoms with Gasteiger partial charge >= 0.3 is 0 Å². The fourth-order valence-electron chi connectivity index (χ4n) is 4.66. The van der Waals surface area contributed by atoms with Gasteiger partial charge in [0.15, 0.2) is 5.11 Å². The summed E-state index contributed by atoms with van der Waals surface area (Å²) in [5, 5.41) is 7.82. The number of rotatable bonds is 4. The second-order valence-electron chi connectivity index (χ2n) is 8.98. The largest absolute Gasteiger partial charge is 0.363 e. The maximum absolute atomic E-state index is 5.48. The van der Waals surface area contributed by atoms with Gasteiger partial charge in [-0.2, -0.15) is 0 Å². The molecular weight excluding hydrogens is 302 g/mol. The Morgan fingerprint density at radius 3 is 2.17 bits per heavy atom. The molecule has 0 spiro atoms. The van der Waals surface area contributed by atoms with Crippen LogP contribution in [0.4, 0.5) is 0 Å². The molecule has 0 amide bonds. The molecule has 1 aliphatic carbocycles. The van der Waals surface area contributed by atoms with Crippen LogP contribution in [-0.2, 0) is 0 Å². The van der Waals surface area contributed by atoms with Gasteiger partial charge in [0.05, 0.1) is 0 Å². The highest BCUT2D eigenvalue weighted by Gasteiger charge is 2.42. The maximum atomic E-state index is 5.48. The van der Waals surface area contributed by atoms with Crippen molar-refractivity contribution in [2.45, 2.75) is 96.2 Å². The molecule has 2 N–H and O–H groups in total. The number of hydrogen-bond acceptors (Lipinski definition) is 2. The van der Waals surface area contributed by atoms with Crippen LogP contribution in [0.3, 0.4) is 0 Å². The van der Waals surface area contributed by atoms with Crippen LogP contribution in [0.5, 0.6) is 0 Å². The van der Waals surface area contributed by atoms with Crippen molar-refractivity contribution in [3.8, 4) is 0 Å². The second kappa shape index (κ2) is 7.69. The van der Waals surface area contributed by atoms with E-state index in [2.05, 4.69) is 50.3 Å². The zero-order valence-corrected chi connectivity index (χ0v) is 16.7. The Kier molecular flexibility index (Phi) is 6.35. The van der Waals surface area contributed by atoms with E-state index in [1.165, 1.54) is 51.4 Å². The molecule has 1 heterocycles. The lowest BCUT2D eigenvalue weighted by atomic mass is 9.73. The summed E-state index contributed by atoms with van der Waals surface area (Å²) in [5.41, 5.74) is 0.570. The van der Waals surface area contributed by atoms with Crippen LogP contribution >= 0.6 is 12.2 Å². The summed E-state index contributed by atoms with van der Waals surface area (Å²) < 4.78 is 0. The molecule has 3 nitrogen and oxygen atoms in total. The summed E-state index contributed by atoms with van der Waals surface area (Å²) in [4.78, 5) is 2.55. The first-order chi connectivity index (χ1) is 10.7. The van der Waals surface area contributed by atoms with Crippen molar-refractivity contribution in [3.05, 3.63) is 0 Å². The molecule has 2 rings (SSSR count). The Bertz CT molecular complexity index is 381. The van der Waals surface area contributed by atoms with Gasteiger partial charge in [-0.05, 0) is 85.0 Å². The van der Waals surface area contributed by atoms with E-state index in [0.29, 0.717) is 6.04 Å². The molecule has 0 atom stereocenters. The molecule has 0 unspecified atom stereocenters. The molecule has 0 radical (unpaired) electrons. The number of nitrogens with zero attached hydrogens (tertiary/aromatic N) is 1. The highest BCUT2D eigenvalue weighted by Crippen LogP contribution is 2.41. The van der Waals surface area contributed by atoms with Crippen LogP contribution in [0.25, 0.3) is 0 Å². The lowest BCUT2D eigenvalue weighted by molar-refractivity contribution is -0.0312. The van der Waals surface area contributed by atoms with E-state index in [0.717, 1.165) is 17.6 Å². The van der Waals surface area contributed by atoms with Crippen molar-refractivity contribution in [1.29, 1.82) is 0 Å². The third-order valence-electron chi connectivity index (χ3n) is 6.17. The first-order valence-corrected chi connectivity index (χ1v) is 9.90. The highest BCUT2D eigenvalue weighted by atomic mass is 32.1. The molecule has 1 aliphatic heterocycles. The van der Waals surface area contributed by atoms with Crippen molar-refractivity contribution < 1.29 is 0 Å². The summed E-state index contributed by atoms with van der Waals surface area (Å²) in [6.45, 7) is 10.5. The van der Waals surface area contributed by atoms with Crippen LogP contribution in [0, 0.1) is 5.92 Å². The van der Waals surface area contributed by atoms with E-state index in [9.17, 15) is 0 Å². The van der Waals surface area contributed by atoms with Crippen molar-refractivity contribution >= 4 is 17.3 Å². The summed E-state index contributed by atoms with van der Waals surface area (Å²) in [6.07, 6.45) is 10.4. The summed E-state index contributed by atoms with van der Waals surface area (Å²) in [7, 11) is 2.28. The van der Waals surface area contributed by atoms with Gasteiger partial charge in [0, 0.05) is 23.7 Å². The third kappa shape index (κ3) is 5.32. The van der Waals surface area contributed by atoms with E-state index in [1.54, 1.807) is 0 Å². The van der Waals surface area contributed by atoms with Gasteiger partial charge in [-0.15, -0.1) is 0 Å². The Morgan fingerprint density at radius 2 is 1.61 bits per heavy atom. The highest BCUT2D eigenvalue weighted by molar-refractivity contribution is 7.80. The van der Waals surface area contributed by atoms with Crippen LogP contribution < -0.4 is 10.6 Å². The van der Waals surface area contributed by atoms with E-state index in [4.69, 9.17) is 12.2 Å². The minimum absolute atomic E-state index is 0.285. The van der Waals surface area contributed by atoms with Gasteiger partial charge in [0.25, 0.3) is 0 Å². The molecule has 0 aromatic carbocycles. The van der Waals surface area contributed by atoms with Gasteiger partial charge in [0.1, 0.15) is 0 Å². The average molecular weight is 340 g/mol. The zero-order chi connectivity index (χ0) is 17.1. The Morgan fingerprint density at radius 1 is 1.04 bits per heavy atom. The molecule has 0 aromatic rings. The van der Waals surface area contributed by atoms with Gasteiger partial charge in [-0.3, -0.25) is 4.90 Å². The van der Waals surface area contributed by atoms with Crippen molar-refractivity contribution in [3.63, 3.8) is 0 Å². The fraction of sp³-hybridized carbons (Fsp3) is 0.947. The van der Waals surface area contributed by atoms with E-state index < -0.39 is 0 Å². The van der Waals surface area contributed by atoms with Crippen LogP contribution in [0.2, 0.25) is 0 Å². The Balaban J connectivity index is 1.72. The zero-order valence-electron chi connectivity index (χ0n) is 15.9. The van der Waals surface area contributed by atoms with E-state index in [1.807, 2.05) is 0 Å². The average Bonchev–Trinajstić information content (AvgIpc) is 2.45. The molecule has 1 saturated carbocycles. The van der Waals surface area contributed by atoms with Crippen molar-refractivity contribution in [2.24, 2.45) is 5.92 Å². The van der Waals surface area contributed by atoms with E-state index >= 15 is 0 Å². The number of piperidine rings is 1. The lowest BCUT2D eigenvalue weighted by Gasteiger charge is -2.54. The smallest absolute Gasteiger partial charge is 0.166 e. The second-order valence-corrected chi connectivity index (χ2v) is 9.39. The van der Waals surface area contributed by atoms with Gasteiger partial charge < -0.3 is 10.6 Å². The van der Waals surface area contributed by atoms with Crippen molar-refractivity contribution in [1.82, 2.24) is 15.5 Å². The van der Waals surface area contributed by atoms with Crippen LogP contribution in [0.1, 0.15) is 79.1 Å². The number of thiocarbonyl (C=S) groups is 1. The normalized spacial score (nSPS) is 26.0. The maximum Gasteiger partial charge on any atom is 0.166 e. The molecule has 2 fully saturated rings. The lowest BCUT2D eigenvalue weighted by Crippen LogP contribution is -2.58. The monoisotopic (exact) mass is 339 g/mol. The van der Waals surface area contributed by atoms with Gasteiger partial charge in [0.2, 0.25) is 0 Å². The van der Waals surface area contributed by atoms with Crippen LogP contribution in [0.15, 0.2) is 0 Å². The molecule has 0 bridgehead atoms. The summed E-state index contributed by atoms with van der Waals surface area (Å²) >= 11 is 5.48. The van der Waals surface area contributed by atoms with E-state index in [-0.39, 0.29) is 11.1 Å². The molecule has 2 aliphatic rings. The summed E-state index contributed by atoms with van der Waals surface area (Å²) in [5.74, 6) is 0.779. The SMILES string of the molecule is CN1C(C)(C)CC(CCNC(=S)NC2CCCCC2)CC1(C)C. The van der Waals surface area contributed by atoms with Crippen molar-refractivity contribution in [2.75, 3.05) is 13.6 Å². The fourth-order valence-corrected chi connectivity index (χ4v) is 4.92. The molecular formula is C19H37N3S. The quantitative estimate of drug-likeness (QED) is 0.755. The molecule has 1 saturated heterocycles. The first-order valence-electron chi connectivity index (χ1n) is 9.49. The molecule has 0 aromatic heterocycles. The molecule has 4 heteroatoms. The third-order valence-corrected chi connectivity index (χ3v) is 6.43. The minimum atomic E-state index is 0.285. The van der Waals surface area contributed by atoms with Gasteiger partial charge in [-0.25, -0.2) is 0 Å². The van der Waals surface area contributed by atoms with Crippen LogP contribution in [-0.4, -0.2) is 40.7 Å². The number of nitrogens with one attached hydrogen (secondary N) is 2. The van der Waals surface area contributed by atoms with Gasteiger partial charge in [-0.1, -0.05) is 19.3 Å². The number of hydrogen-bond donors (Lipinski definition) is 2. The predicted octanol–water partition coefficient (Wildman–Crippen LogP) is 4.07. The topological polar surface area (TPSA) is 27.3 Å². The summed E-state index contributed by atoms with van der Waals surface area (Å²) in [6, 6.07) is 0.602. The number of likely N-dealkylation sites (tertiary alicyclic amines) is 1. The predicted molar refractivity (Wildman–Crippen MR) is 104 cm³/mol. The minimum Gasteiger partial charge on any atom is -0.363 e. The Labute approximate surface area is 149 Å². The molecule has 23 heavy (non-hydrogen) atoms. The standard InChI is InChI=1S/C19H37N3S/c1-18(2)13-15(14-19(3,4)22(18)5)11-12-20-17(23)21-16-9-7-6-8-10-16/h15-16H,6-14H2,1-5H3,(H2,20,21,23). The first kappa shape index (κ1) is 19.0. The molecule has 134 valence electrons.